The molecule has 5 N–H and O–H groups in total. The Kier molecular flexibility index (Phi) is 4.31. The van der Waals surface area contributed by atoms with Crippen LogP contribution in [-0.2, 0) is 4.79 Å². The van der Waals surface area contributed by atoms with Gasteiger partial charge < -0.3 is 16.4 Å². The molecule has 1 aromatic rings. The van der Waals surface area contributed by atoms with Gasteiger partial charge in [0.2, 0.25) is 5.91 Å². The largest absolute Gasteiger partial charge is 0.383 e. The SMILES string of the molecule is CCNC(=O)CCNC(=O)c1cn[nH]c1N. The second kappa shape index (κ2) is 5.74. The first-order valence-corrected chi connectivity index (χ1v) is 4.99. The van der Waals surface area contributed by atoms with Crippen molar-refractivity contribution in [1.29, 1.82) is 0 Å². The van der Waals surface area contributed by atoms with E-state index in [-0.39, 0.29) is 36.2 Å². The molecule has 2 amide bonds. The van der Waals surface area contributed by atoms with Gasteiger partial charge in [-0.1, -0.05) is 0 Å². The van der Waals surface area contributed by atoms with Crippen molar-refractivity contribution < 1.29 is 9.59 Å². The minimum atomic E-state index is -0.337. The zero-order valence-electron chi connectivity index (χ0n) is 9.04. The number of rotatable bonds is 5. The van der Waals surface area contributed by atoms with Crippen LogP contribution in [0.2, 0.25) is 0 Å². The predicted octanol–water partition coefficient (Wildman–Crippen LogP) is -0.752. The normalized spacial score (nSPS) is 9.81. The van der Waals surface area contributed by atoms with Gasteiger partial charge in [-0.25, -0.2) is 0 Å². The Bertz CT molecular complexity index is 374. The number of carbonyl (C=O) groups is 2. The number of nitrogen functional groups attached to an aromatic ring is 1. The lowest BCUT2D eigenvalue weighted by atomic mass is 10.3. The van der Waals surface area contributed by atoms with E-state index < -0.39 is 0 Å². The molecule has 0 radical (unpaired) electrons. The van der Waals surface area contributed by atoms with Crippen LogP contribution in [-0.4, -0.2) is 35.1 Å². The van der Waals surface area contributed by atoms with Gasteiger partial charge in [0.25, 0.3) is 5.91 Å². The van der Waals surface area contributed by atoms with Crippen LogP contribution in [0, 0.1) is 0 Å². The van der Waals surface area contributed by atoms with Crippen molar-refractivity contribution in [3.8, 4) is 0 Å². The molecule has 0 saturated heterocycles. The summed E-state index contributed by atoms with van der Waals surface area (Å²) in [6, 6.07) is 0. The number of nitrogens with one attached hydrogen (secondary N) is 3. The summed E-state index contributed by atoms with van der Waals surface area (Å²) in [7, 11) is 0. The summed E-state index contributed by atoms with van der Waals surface area (Å²) >= 11 is 0. The van der Waals surface area contributed by atoms with Crippen LogP contribution in [0.15, 0.2) is 6.20 Å². The van der Waals surface area contributed by atoms with Gasteiger partial charge in [0.1, 0.15) is 11.4 Å². The van der Waals surface area contributed by atoms with Crippen molar-refractivity contribution in [3.63, 3.8) is 0 Å². The number of nitrogens with zero attached hydrogens (tertiary/aromatic N) is 1. The van der Waals surface area contributed by atoms with Gasteiger partial charge in [-0.2, -0.15) is 5.10 Å². The average Bonchev–Trinajstić information content (AvgIpc) is 2.64. The van der Waals surface area contributed by atoms with Crippen molar-refractivity contribution in [2.45, 2.75) is 13.3 Å². The van der Waals surface area contributed by atoms with Gasteiger partial charge >= 0.3 is 0 Å². The van der Waals surface area contributed by atoms with Crippen LogP contribution in [0.25, 0.3) is 0 Å². The summed E-state index contributed by atoms with van der Waals surface area (Å²) in [6.07, 6.45) is 1.59. The van der Waals surface area contributed by atoms with Crippen LogP contribution in [0.4, 0.5) is 5.82 Å². The van der Waals surface area contributed by atoms with Crippen LogP contribution in [0.5, 0.6) is 0 Å². The van der Waals surface area contributed by atoms with E-state index in [9.17, 15) is 9.59 Å². The molecule has 7 heteroatoms. The van der Waals surface area contributed by atoms with Gasteiger partial charge in [0.05, 0.1) is 6.20 Å². The fraction of sp³-hybridized carbons (Fsp3) is 0.444. The Morgan fingerprint density at radius 3 is 2.81 bits per heavy atom. The number of carbonyl (C=O) groups excluding carboxylic acids is 2. The first kappa shape index (κ1) is 12.0. The molecule has 0 spiro atoms. The van der Waals surface area contributed by atoms with Gasteiger partial charge in [0.15, 0.2) is 0 Å². The molecule has 1 rings (SSSR count). The number of amides is 2. The molecule has 7 nitrogen and oxygen atoms in total. The number of aromatic amines is 1. The van der Waals surface area contributed by atoms with Crippen LogP contribution < -0.4 is 16.4 Å². The topological polar surface area (TPSA) is 113 Å². The van der Waals surface area contributed by atoms with Crippen molar-refractivity contribution in [1.82, 2.24) is 20.8 Å². The standard InChI is InChI=1S/C9H15N5O2/c1-2-11-7(15)3-4-12-9(16)6-5-13-14-8(6)10/h5H,2-4H2,1H3,(H,11,15)(H,12,16)(H3,10,13,14). The molecule has 0 aliphatic rings. The minimum Gasteiger partial charge on any atom is -0.383 e. The van der Waals surface area contributed by atoms with Gasteiger partial charge in [0, 0.05) is 19.5 Å². The molecule has 16 heavy (non-hydrogen) atoms. The summed E-state index contributed by atoms with van der Waals surface area (Å²) in [4.78, 5) is 22.6. The highest BCUT2D eigenvalue weighted by Crippen LogP contribution is 2.04. The highest BCUT2D eigenvalue weighted by molar-refractivity contribution is 5.98. The summed E-state index contributed by atoms with van der Waals surface area (Å²) < 4.78 is 0. The molecule has 0 saturated carbocycles. The van der Waals surface area contributed by atoms with Gasteiger partial charge in [-0.15, -0.1) is 0 Å². The third-order valence-electron chi connectivity index (χ3n) is 1.93. The lowest BCUT2D eigenvalue weighted by Gasteiger charge is -2.04. The molecule has 0 unspecified atom stereocenters. The third kappa shape index (κ3) is 3.26. The summed E-state index contributed by atoms with van der Waals surface area (Å²) in [6.45, 7) is 2.69. The summed E-state index contributed by atoms with van der Waals surface area (Å²) in [5.74, 6) is -0.214. The molecular formula is C9H15N5O2. The van der Waals surface area contributed by atoms with Crippen LogP contribution in [0.1, 0.15) is 23.7 Å². The second-order valence-corrected chi connectivity index (χ2v) is 3.16. The maximum atomic E-state index is 11.5. The lowest BCUT2D eigenvalue weighted by Crippen LogP contribution is -2.30. The number of anilines is 1. The Balaban J connectivity index is 2.31. The van der Waals surface area contributed by atoms with Crippen LogP contribution in [0.3, 0.4) is 0 Å². The Morgan fingerprint density at radius 1 is 1.50 bits per heavy atom. The van der Waals surface area contributed by atoms with E-state index in [2.05, 4.69) is 20.8 Å². The number of hydrogen-bond donors (Lipinski definition) is 4. The van der Waals surface area contributed by atoms with Gasteiger partial charge in [-0.05, 0) is 6.92 Å². The molecule has 1 aromatic heterocycles. The Morgan fingerprint density at radius 2 is 2.25 bits per heavy atom. The smallest absolute Gasteiger partial charge is 0.256 e. The highest BCUT2D eigenvalue weighted by Gasteiger charge is 2.11. The molecule has 1 heterocycles. The zero-order chi connectivity index (χ0) is 12.0. The van der Waals surface area contributed by atoms with Crippen molar-refractivity contribution in [3.05, 3.63) is 11.8 Å². The molecule has 0 aliphatic heterocycles. The Hall–Kier alpha value is -2.05. The predicted molar refractivity (Wildman–Crippen MR) is 58.6 cm³/mol. The van der Waals surface area contributed by atoms with Crippen LogP contribution >= 0.6 is 0 Å². The van der Waals surface area contributed by atoms with E-state index in [1.807, 2.05) is 6.92 Å². The number of aromatic nitrogens is 2. The molecule has 0 bridgehead atoms. The molecule has 88 valence electrons. The number of hydrogen-bond acceptors (Lipinski definition) is 4. The molecule has 0 aromatic carbocycles. The van der Waals surface area contributed by atoms with E-state index in [0.717, 1.165) is 0 Å². The third-order valence-corrected chi connectivity index (χ3v) is 1.93. The fourth-order valence-corrected chi connectivity index (χ4v) is 1.15. The van der Waals surface area contributed by atoms with Crippen molar-refractivity contribution in [2.75, 3.05) is 18.8 Å². The quantitative estimate of drug-likeness (QED) is 0.528. The number of nitrogens with two attached hydrogens (primary N) is 1. The monoisotopic (exact) mass is 225 g/mol. The van der Waals surface area contributed by atoms with E-state index in [0.29, 0.717) is 6.54 Å². The average molecular weight is 225 g/mol. The minimum absolute atomic E-state index is 0.0945. The van der Waals surface area contributed by atoms with E-state index in [1.165, 1.54) is 6.20 Å². The zero-order valence-corrected chi connectivity index (χ0v) is 9.04. The summed E-state index contributed by atoms with van der Waals surface area (Å²) in [5.41, 5.74) is 5.75. The van der Waals surface area contributed by atoms with Crippen molar-refractivity contribution in [2.24, 2.45) is 0 Å². The molecule has 0 aliphatic carbocycles. The van der Waals surface area contributed by atoms with E-state index in [4.69, 9.17) is 5.73 Å². The maximum Gasteiger partial charge on any atom is 0.256 e. The maximum absolute atomic E-state index is 11.5. The first-order chi connectivity index (χ1) is 7.65. The van der Waals surface area contributed by atoms with E-state index in [1.54, 1.807) is 0 Å². The Labute approximate surface area is 92.8 Å². The molecule has 0 atom stereocenters. The molecular weight excluding hydrogens is 210 g/mol. The van der Waals surface area contributed by atoms with E-state index >= 15 is 0 Å². The fourth-order valence-electron chi connectivity index (χ4n) is 1.15. The summed E-state index contributed by atoms with van der Waals surface area (Å²) in [5, 5.41) is 11.3. The molecule has 0 fully saturated rings. The highest BCUT2D eigenvalue weighted by atomic mass is 16.2. The lowest BCUT2D eigenvalue weighted by molar-refractivity contribution is -0.120. The van der Waals surface area contributed by atoms with Gasteiger partial charge in [-0.3, -0.25) is 14.7 Å². The second-order valence-electron chi connectivity index (χ2n) is 3.16. The van der Waals surface area contributed by atoms with Crippen molar-refractivity contribution >= 4 is 17.6 Å². The number of H-pyrrole nitrogens is 1. The first-order valence-electron chi connectivity index (χ1n) is 4.99.